The highest BCUT2D eigenvalue weighted by Crippen LogP contribution is 2.26. The van der Waals surface area contributed by atoms with E-state index in [4.69, 9.17) is 5.11 Å². The van der Waals surface area contributed by atoms with Crippen LogP contribution in [0.3, 0.4) is 0 Å². The molecule has 1 aliphatic rings. The molecule has 2 N–H and O–H groups in total. The minimum atomic E-state index is -0.849. The third-order valence-corrected chi connectivity index (χ3v) is 3.65. The van der Waals surface area contributed by atoms with Crippen molar-refractivity contribution in [3.05, 3.63) is 39.4 Å². The molecule has 1 aromatic carbocycles. The van der Waals surface area contributed by atoms with Crippen molar-refractivity contribution in [3.8, 4) is 0 Å². The zero-order valence-corrected chi connectivity index (χ0v) is 11.5. The summed E-state index contributed by atoms with van der Waals surface area (Å²) in [6, 6.07) is 4.00. The lowest BCUT2D eigenvalue weighted by atomic mass is 10.1. The number of nitrogens with one attached hydrogen (secondary N) is 1. The Hall–Kier alpha value is -2.44. The number of carboxylic acids is 1. The molecule has 21 heavy (non-hydrogen) atoms. The summed E-state index contributed by atoms with van der Waals surface area (Å²) in [5.74, 6) is -1.68. The first-order valence-electron chi connectivity index (χ1n) is 6.66. The molecule has 1 aromatic rings. The van der Waals surface area contributed by atoms with Crippen LogP contribution < -0.4 is 5.32 Å². The van der Waals surface area contributed by atoms with Gasteiger partial charge in [-0.1, -0.05) is 0 Å². The van der Waals surface area contributed by atoms with Gasteiger partial charge in [-0.2, -0.15) is 0 Å². The number of benzene rings is 1. The molecule has 0 bridgehead atoms. The van der Waals surface area contributed by atoms with Crippen molar-refractivity contribution in [1.29, 1.82) is 0 Å². The standard InChI is InChI=1S/C14H16N2O5/c1-8-4-10(7-12(5-8)16(20)21)13(17)15-11-3-2-9(6-11)14(18)19/h4-5,7,9,11H,2-3,6H2,1H3,(H,15,17)(H,18,19). The Morgan fingerprint density at radius 1 is 1.33 bits per heavy atom. The normalized spacial score (nSPS) is 21.0. The summed E-state index contributed by atoms with van der Waals surface area (Å²) in [5, 5.41) is 22.5. The van der Waals surface area contributed by atoms with E-state index < -0.39 is 22.7 Å². The molecule has 0 spiro atoms. The van der Waals surface area contributed by atoms with Crippen LogP contribution in [0.5, 0.6) is 0 Å². The number of amides is 1. The van der Waals surface area contributed by atoms with Crippen LogP contribution >= 0.6 is 0 Å². The van der Waals surface area contributed by atoms with Crippen LogP contribution in [0.1, 0.15) is 35.2 Å². The maximum atomic E-state index is 12.1. The average molecular weight is 292 g/mol. The Balaban J connectivity index is 2.07. The van der Waals surface area contributed by atoms with E-state index in [1.165, 1.54) is 12.1 Å². The minimum absolute atomic E-state index is 0.130. The average Bonchev–Trinajstić information content (AvgIpc) is 2.86. The highest BCUT2D eigenvalue weighted by atomic mass is 16.6. The van der Waals surface area contributed by atoms with Crippen LogP contribution in [0.2, 0.25) is 0 Å². The number of aliphatic carboxylic acids is 1. The second kappa shape index (κ2) is 5.90. The molecule has 0 saturated heterocycles. The number of nitrogens with zero attached hydrogens (tertiary/aromatic N) is 1. The molecule has 112 valence electrons. The van der Waals surface area contributed by atoms with Gasteiger partial charge >= 0.3 is 5.97 Å². The number of hydrogen-bond acceptors (Lipinski definition) is 4. The molecule has 2 unspecified atom stereocenters. The van der Waals surface area contributed by atoms with Crippen molar-refractivity contribution in [1.82, 2.24) is 5.32 Å². The van der Waals surface area contributed by atoms with Gasteiger partial charge < -0.3 is 10.4 Å². The first-order valence-corrected chi connectivity index (χ1v) is 6.66. The predicted octanol–water partition coefficient (Wildman–Crippen LogP) is 1.89. The summed E-state index contributed by atoms with van der Waals surface area (Å²) < 4.78 is 0. The molecular weight excluding hydrogens is 276 g/mol. The number of nitro benzene ring substituents is 1. The Kier molecular flexibility index (Phi) is 4.21. The topological polar surface area (TPSA) is 110 Å². The maximum absolute atomic E-state index is 12.1. The molecule has 1 aliphatic carbocycles. The van der Waals surface area contributed by atoms with Gasteiger partial charge in [-0.25, -0.2) is 0 Å². The second-order valence-corrected chi connectivity index (χ2v) is 5.33. The Morgan fingerprint density at radius 3 is 2.62 bits per heavy atom. The van der Waals surface area contributed by atoms with Gasteiger partial charge in [-0.05, 0) is 37.8 Å². The lowest BCUT2D eigenvalue weighted by molar-refractivity contribution is -0.384. The van der Waals surface area contributed by atoms with Gasteiger partial charge in [0, 0.05) is 23.7 Å². The minimum Gasteiger partial charge on any atom is -0.481 e. The fraction of sp³-hybridized carbons (Fsp3) is 0.429. The summed E-state index contributed by atoms with van der Waals surface area (Å²) in [5.41, 5.74) is 0.722. The molecule has 2 atom stereocenters. The van der Waals surface area contributed by atoms with Crippen molar-refractivity contribution in [2.24, 2.45) is 5.92 Å². The Labute approximate surface area is 121 Å². The van der Waals surface area contributed by atoms with Crippen molar-refractivity contribution >= 4 is 17.6 Å². The molecule has 7 nitrogen and oxygen atoms in total. The molecule has 0 aromatic heterocycles. The number of carboxylic acid groups (broad SMARTS) is 1. The fourth-order valence-electron chi connectivity index (χ4n) is 2.61. The summed E-state index contributed by atoms with van der Waals surface area (Å²) in [7, 11) is 0. The van der Waals surface area contributed by atoms with Crippen LogP contribution in [0.15, 0.2) is 18.2 Å². The second-order valence-electron chi connectivity index (χ2n) is 5.33. The largest absolute Gasteiger partial charge is 0.481 e. The van der Waals surface area contributed by atoms with Crippen LogP contribution in [-0.4, -0.2) is 27.9 Å². The quantitative estimate of drug-likeness (QED) is 0.650. The van der Waals surface area contributed by atoms with Crippen LogP contribution in [0, 0.1) is 23.0 Å². The van der Waals surface area contributed by atoms with Gasteiger partial charge in [0.05, 0.1) is 10.8 Å². The molecule has 0 radical (unpaired) electrons. The smallest absolute Gasteiger partial charge is 0.306 e. The number of hydrogen-bond donors (Lipinski definition) is 2. The van der Waals surface area contributed by atoms with Gasteiger partial charge in [-0.3, -0.25) is 19.7 Å². The third-order valence-electron chi connectivity index (χ3n) is 3.65. The Bertz CT molecular complexity index is 599. The van der Waals surface area contributed by atoms with E-state index in [2.05, 4.69) is 5.32 Å². The van der Waals surface area contributed by atoms with Crippen molar-refractivity contribution in [2.45, 2.75) is 32.2 Å². The molecule has 7 heteroatoms. The number of non-ortho nitro benzene ring substituents is 1. The molecule has 1 saturated carbocycles. The molecule has 0 heterocycles. The van der Waals surface area contributed by atoms with E-state index in [0.717, 1.165) is 0 Å². The lowest BCUT2D eigenvalue weighted by Crippen LogP contribution is -2.33. The lowest BCUT2D eigenvalue weighted by Gasteiger charge is -2.12. The molecule has 2 rings (SSSR count). The zero-order chi connectivity index (χ0) is 15.6. The number of carbonyl (C=O) groups is 2. The van der Waals surface area contributed by atoms with E-state index in [9.17, 15) is 19.7 Å². The first kappa shape index (κ1) is 15.0. The summed E-state index contributed by atoms with van der Waals surface area (Å²) in [6.07, 6.45) is 1.54. The molecular formula is C14H16N2O5. The van der Waals surface area contributed by atoms with Gasteiger partial charge in [0.1, 0.15) is 0 Å². The van der Waals surface area contributed by atoms with E-state index in [1.54, 1.807) is 13.0 Å². The van der Waals surface area contributed by atoms with Crippen molar-refractivity contribution in [3.63, 3.8) is 0 Å². The fourth-order valence-corrected chi connectivity index (χ4v) is 2.61. The van der Waals surface area contributed by atoms with Gasteiger partial charge in [0.15, 0.2) is 0 Å². The SMILES string of the molecule is Cc1cc(C(=O)NC2CCC(C(=O)O)C2)cc([N+](=O)[O-])c1. The number of nitro groups is 1. The summed E-state index contributed by atoms with van der Waals surface area (Å²) in [6.45, 7) is 1.68. The number of carbonyl (C=O) groups excluding carboxylic acids is 1. The zero-order valence-electron chi connectivity index (χ0n) is 11.5. The van der Waals surface area contributed by atoms with Gasteiger partial charge in [0.2, 0.25) is 0 Å². The van der Waals surface area contributed by atoms with E-state index in [1.807, 2.05) is 0 Å². The predicted molar refractivity (Wildman–Crippen MR) is 74.1 cm³/mol. The summed E-state index contributed by atoms with van der Waals surface area (Å²) in [4.78, 5) is 33.3. The first-order chi connectivity index (χ1) is 9.86. The van der Waals surface area contributed by atoms with Crippen molar-refractivity contribution in [2.75, 3.05) is 0 Å². The van der Waals surface area contributed by atoms with E-state index in [0.29, 0.717) is 24.8 Å². The monoisotopic (exact) mass is 292 g/mol. The number of aryl methyl sites for hydroxylation is 1. The number of rotatable bonds is 4. The molecule has 1 fully saturated rings. The summed E-state index contributed by atoms with van der Waals surface area (Å²) >= 11 is 0. The highest BCUT2D eigenvalue weighted by Gasteiger charge is 2.30. The van der Waals surface area contributed by atoms with Crippen LogP contribution in [0.25, 0.3) is 0 Å². The van der Waals surface area contributed by atoms with Gasteiger partial charge in [-0.15, -0.1) is 0 Å². The molecule has 1 amide bonds. The van der Waals surface area contributed by atoms with E-state index in [-0.39, 0.29) is 17.3 Å². The van der Waals surface area contributed by atoms with E-state index >= 15 is 0 Å². The van der Waals surface area contributed by atoms with Crippen LogP contribution in [-0.2, 0) is 4.79 Å². The van der Waals surface area contributed by atoms with Gasteiger partial charge in [0.25, 0.3) is 11.6 Å². The van der Waals surface area contributed by atoms with Crippen LogP contribution in [0.4, 0.5) is 5.69 Å². The molecule has 0 aliphatic heterocycles. The van der Waals surface area contributed by atoms with Crippen molar-refractivity contribution < 1.29 is 19.6 Å². The maximum Gasteiger partial charge on any atom is 0.306 e. The Morgan fingerprint density at radius 2 is 2.05 bits per heavy atom. The highest BCUT2D eigenvalue weighted by molar-refractivity contribution is 5.95. The third kappa shape index (κ3) is 3.56.